The Balaban J connectivity index is 0.916. The molecular formula is C90H57BN14. The van der Waals surface area contributed by atoms with Gasteiger partial charge in [-0.3, -0.25) is 0 Å². The van der Waals surface area contributed by atoms with Crippen molar-refractivity contribution in [3.8, 4) is 137 Å². The van der Waals surface area contributed by atoms with Crippen molar-refractivity contribution >= 4 is 57.2 Å². The Hall–Kier alpha value is -14.4. The van der Waals surface area contributed by atoms with Crippen LogP contribution in [0.4, 0.5) is 34.1 Å². The molecule has 0 fully saturated rings. The van der Waals surface area contributed by atoms with E-state index in [2.05, 4.69) is 101 Å². The molecule has 4 aromatic heterocycles. The summed E-state index contributed by atoms with van der Waals surface area (Å²) in [7, 11) is 0. The van der Waals surface area contributed by atoms with Crippen molar-refractivity contribution in [3.05, 3.63) is 346 Å². The molecule has 6 heterocycles. The van der Waals surface area contributed by atoms with Crippen LogP contribution in [0.25, 0.3) is 137 Å². The van der Waals surface area contributed by atoms with Crippen molar-refractivity contribution in [3.63, 3.8) is 0 Å². The maximum absolute atomic E-state index is 5.51. The fourth-order valence-corrected chi connectivity index (χ4v) is 14.3. The Bertz CT molecular complexity index is 5220. The van der Waals surface area contributed by atoms with E-state index in [1.54, 1.807) is 0 Å². The molecule has 0 bridgehead atoms. The van der Waals surface area contributed by atoms with E-state index < -0.39 is 0 Å². The number of nitrogens with zero attached hydrogens (tertiary/aromatic N) is 14. The summed E-state index contributed by atoms with van der Waals surface area (Å²) in [6, 6.07) is 117. The number of anilines is 6. The molecule has 0 amide bonds. The van der Waals surface area contributed by atoms with Gasteiger partial charge in [-0.1, -0.05) is 297 Å². The lowest BCUT2D eigenvalue weighted by Crippen LogP contribution is -2.61. The van der Waals surface area contributed by atoms with Gasteiger partial charge in [0.1, 0.15) is 0 Å². The van der Waals surface area contributed by atoms with Crippen molar-refractivity contribution in [1.29, 1.82) is 0 Å². The summed E-state index contributed by atoms with van der Waals surface area (Å²) in [5.74, 6) is 5.90. The molecule has 0 atom stereocenters. The number of fused-ring (bicyclic) bond motifs is 4. The number of hydrogen-bond donors (Lipinski definition) is 0. The van der Waals surface area contributed by atoms with Crippen LogP contribution in [0, 0.1) is 0 Å². The molecule has 0 saturated carbocycles. The number of hydrogen-bond acceptors (Lipinski definition) is 14. The fourth-order valence-electron chi connectivity index (χ4n) is 14.3. The largest absolute Gasteiger partial charge is 0.310 e. The predicted octanol–water partition coefficient (Wildman–Crippen LogP) is 18.5. The standard InChI is InChI=1S/C90H57BN14/c1-9-32-58(33-10-1)79-92-80(59-34-11-2-12-35-59)97-87(96-79)66-48-29-49-67(88-98-81(60-36-13-3-14-37-60)93-82(99-88)61-38-15-4-16-39-61)77(66)104-72-54-27-25-52-70(72)91-71-53-26-28-55-73(71)105(75-57-31-56-74(104)76(75)91)78-68(89-100-83(62-40-17-5-18-41-62)94-84(101-89)63-42-19-6-20-43-63)50-30-51-69(78)90-102-85(64-44-21-7-22-45-64)95-86(103-90)65-46-23-8-24-47-65/h1-57H. The summed E-state index contributed by atoms with van der Waals surface area (Å²) in [4.78, 5) is 69.7. The van der Waals surface area contributed by atoms with Crippen LogP contribution in [-0.2, 0) is 0 Å². The van der Waals surface area contributed by atoms with Gasteiger partial charge in [0.15, 0.2) is 69.9 Å². The third kappa shape index (κ3) is 11.4. The average Bonchev–Trinajstić information content (AvgIpc) is 0.696. The molecule has 2 aliphatic heterocycles. The van der Waals surface area contributed by atoms with Gasteiger partial charge in [-0.05, 0) is 64.9 Å². The predicted molar refractivity (Wildman–Crippen MR) is 419 cm³/mol. The molecule has 490 valence electrons. The van der Waals surface area contributed by atoms with Gasteiger partial charge < -0.3 is 9.80 Å². The second-order valence-corrected chi connectivity index (χ2v) is 25.5. The molecule has 15 heteroatoms. The second kappa shape index (κ2) is 26.6. The van der Waals surface area contributed by atoms with Gasteiger partial charge in [-0.25, -0.2) is 59.8 Å². The van der Waals surface area contributed by atoms with Gasteiger partial charge in [0.2, 0.25) is 0 Å². The molecule has 17 aromatic rings. The van der Waals surface area contributed by atoms with Crippen LogP contribution < -0.4 is 26.2 Å². The molecule has 0 N–H and O–H groups in total. The quantitative estimate of drug-likeness (QED) is 0.0946. The monoisotopic (exact) mass is 1340 g/mol. The van der Waals surface area contributed by atoms with Crippen molar-refractivity contribution in [2.75, 3.05) is 9.80 Å². The summed E-state index contributed by atoms with van der Waals surface area (Å²) in [6.45, 7) is -0.321. The topological polar surface area (TPSA) is 161 Å². The van der Waals surface area contributed by atoms with Crippen LogP contribution in [0.3, 0.4) is 0 Å². The van der Waals surface area contributed by atoms with Crippen LogP contribution in [0.1, 0.15) is 0 Å². The van der Waals surface area contributed by atoms with Crippen LogP contribution >= 0.6 is 0 Å². The van der Waals surface area contributed by atoms with Crippen LogP contribution in [0.15, 0.2) is 346 Å². The highest BCUT2D eigenvalue weighted by atomic mass is 15.2. The minimum Gasteiger partial charge on any atom is -0.310 e. The van der Waals surface area contributed by atoms with Crippen molar-refractivity contribution in [2.45, 2.75) is 0 Å². The van der Waals surface area contributed by atoms with Gasteiger partial charge in [0, 0.05) is 89.5 Å². The van der Waals surface area contributed by atoms with E-state index in [-0.39, 0.29) is 6.71 Å². The molecule has 13 aromatic carbocycles. The third-order valence-electron chi connectivity index (χ3n) is 19.1. The van der Waals surface area contributed by atoms with E-state index >= 15 is 0 Å². The molecule has 2 aliphatic rings. The lowest BCUT2D eigenvalue weighted by atomic mass is 9.33. The van der Waals surface area contributed by atoms with Crippen molar-refractivity contribution in [1.82, 2.24) is 59.8 Å². The second-order valence-electron chi connectivity index (χ2n) is 25.5. The zero-order chi connectivity index (χ0) is 69.6. The molecule has 19 rings (SSSR count). The van der Waals surface area contributed by atoms with Crippen molar-refractivity contribution < 1.29 is 0 Å². The smallest absolute Gasteiger partial charge is 0.252 e. The maximum Gasteiger partial charge on any atom is 0.252 e. The Morgan fingerprint density at radius 3 is 0.571 bits per heavy atom. The lowest BCUT2D eigenvalue weighted by Gasteiger charge is -2.45. The van der Waals surface area contributed by atoms with Gasteiger partial charge >= 0.3 is 0 Å². The van der Waals surface area contributed by atoms with E-state index in [1.807, 2.05) is 255 Å². The maximum atomic E-state index is 5.51. The fraction of sp³-hybridized carbons (Fsp3) is 0. The Kier molecular flexibility index (Phi) is 15.6. The Labute approximate surface area is 605 Å². The number of rotatable bonds is 14. The molecule has 0 saturated heterocycles. The lowest BCUT2D eigenvalue weighted by molar-refractivity contribution is 1.06. The number of para-hydroxylation sites is 4. The summed E-state index contributed by atoms with van der Waals surface area (Å²) >= 11 is 0. The van der Waals surface area contributed by atoms with Gasteiger partial charge in [-0.15, -0.1) is 0 Å². The summed E-state index contributed by atoms with van der Waals surface area (Å²) in [6.07, 6.45) is 0. The number of aromatic nitrogens is 12. The molecule has 0 aliphatic carbocycles. The van der Waals surface area contributed by atoms with Crippen LogP contribution in [0.2, 0.25) is 0 Å². The van der Waals surface area contributed by atoms with E-state index in [0.717, 1.165) is 95.0 Å². The van der Waals surface area contributed by atoms with Gasteiger partial charge in [0.25, 0.3) is 6.71 Å². The minimum atomic E-state index is -0.321. The van der Waals surface area contributed by atoms with Crippen LogP contribution in [-0.4, -0.2) is 66.5 Å². The van der Waals surface area contributed by atoms with E-state index in [9.17, 15) is 0 Å². The SMILES string of the molecule is c1ccc(-c2nc(-c3ccccc3)nc(-c3cccc(-c4nc(-c5ccccc5)nc(-c5ccccc5)n4)c3N3c4ccccc4B4c5ccccc5N(c5c(-c6nc(-c7ccccc7)nc(-c7ccccc7)n6)cccc5-c5nc(-c6ccccc6)nc(-c6ccccc6)n5)c5cccc3c54)n2)cc1. The highest BCUT2D eigenvalue weighted by Gasteiger charge is 2.45. The first-order chi connectivity index (χ1) is 52.1. The summed E-state index contributed by atoms with van der Waals surface area (Å²) < 4.78 is 0. The Morgan fingerprint density at radius 2 is 0.343 bits per heavy atom. The van der Waals surface area contributed by atoms with Crippen LogP contribution in [0.5, 0.6) is 0 Å². The average molecular weight is 1350 g/mol. The third-order valence-corrected chi connectivity index (χ3v) is 19.1. The van der Waals surface area contributed by atoms with Gasteiger partial charge in [-0.2, -0.15) is 0 Å². The van der Waals surface area contributed by atoms with E-state index in [1.165, 1.54) is 0 Å². The molecule has 0 unspecified atom stereocenters. The molecule has 14 nitrogen and oxygen atoms in total. The van der Waals surface area contributed by atoms with E-state index in [0.29, 0.717) is 92.1 Å². The van der Waals surface area contributed by atoms with E-state index in [4.69, 9.17) is 59.8 Å². The first kappa shape index (κ1) is 61.6. The molecular weight excluding hydrogens is 1290 g/mol. The zero-order valence-electron chi connectivity index (χ0n) is 56.2. The minimum absolute atomic E-state index is 0.321. The molecule has 0 radical (unpaired) electrons. The normalized spacial score (nSPS) is 11.9. The summed E-state index contributed by atoms with van der Waals surface area (Å²) in [5.41, 5.74) is 17.8. The number of benzene rings is 13. The summed E-state index contributed by atoms with van der Waals surface area (Å²) in [5, 5.41) is 0. The van der Waals surface area contributed by atoms with Gasteiger partial charge in [0.05, 0.1) is 11.4 Å². The molecule has 0 spiro atoms. The first-order valence-corrected chi connectivity index (χ1v) is 34.7. The highest BCUT2D eigenvalue weighted by molar-refractivity contribution is 7.00. The highest BCUT2D eigenvalue weighted by Crippen LogP contribution is 2.52. The van der Waals surface area contributed by atoms with Crippen molar-refractivity contribution in [2.24, 2.45) is 0 Å². The Morgan fingerprint density at radius 1 is 0.162 bits per heavy atom. The molecule has 105 heavy (non-hydrogen) atoms. The first-order valence-electron chi connectivity index (χ1n) is 34.7. The zero-order valence-corrected chi connectivity index (χ0v) is 56.2.